The molecule has 6 heteroatoms. The van der Waals surface area contributed by atoms with Gasteiger partial charge in [0.05, 0.1) is 11.8 Å². The first kappa shape index (κ1) is 21.3. The Kier molecular flexibility index (Phi) is 5.90. The number of carbonyl (C=O) groups is 1. The molecule has 2 aromatic carbocycles. The summed E-state index contributed by atoms with van der Waals surface area (Å²) in [6.07, 6.45) is 11.3. The van der Waals surface area contributed by atoms with Gasteiger partial charge in [0.25, 0.3) is 5.91 Å². The second-order valence-electron chi connectivity index (χ2n) is 8.95. The fourth-order valence-corrected chi connectivity index (χ4v) is 5.03. The number of hydrogen-bond acceptors (Lipinski definition) is 3. The monoisotopic (exact) mass is 442 g/mol. The summed E-state index contributed by atoms with van der Waals surface area (Å²) in [6.45, 7) is 2.10. The van der Waals surface area contributed by atoms with Gasteiger partial charge in [0.1, 0.15) is 5.82 Å². The topological polar surface area (TPSA) is 59.8 Å². The molecule has 1 amide bonds. The number of carbonyl (C=O) groups excluding carboxylic acids is 1. The highest BCUT2D eigenvalue weighted by atomic mass is 19.1. The molecule has 0 radical (unpaired) electrons. The zero-order chi connectivity index (χ0) is 22.8. The molecule has 0 saturated heterocycles. The van der Waals surface area contributed by atoms with Crippen LogP contribution in [-0.2, 0) is 0 Å². The third-order valence-electron chi connectivity index (χ3n) is 6.95. The van der Waals surface area contributed by atoms with Crippen LogP contribution in [0.1, 0.15) is 54.4 Å². The van der Waals surface area contributed by atoms with E-state index in [9.17, 15) is 9.18 Å². The molecule has 1 N–H and O–H groups in total. The molecule has 1 saturated carbocycles. The molecule has 5 rings (SSSR count). The largest absolute Gasteiger partial charge is 0.349 e. The fourth-order valence-electron chi connectivity index (χ4n) is 5.03. The molecule has 0 unspecified atom stereocenters. The van der Waals surface area contributed by atoms with E-state index in [0.29, 0.717) is 17.4 Å². The molecule has 0 aliphatic heterocycles. The van der Waals surface area contributed by atoms with Crippen molar-refractivity contribution in [3.8, 4) is 5.69 Å². The molecule has 4 aromatic rings. The van der Waals surface area contributed by atoms with Crippen LogP contribution in [0.15, 0.2) is 73.4 Å². The van der Waals surface area contributed by atoms with Crippen LogP contribution in [0.2, 0.25) is 0 Å². The summed E-state index contributed by atoms with van der Waals surface area (Å²) < 4.78 is 15.7. The molecule has 168 valence electrons. The van der Waals surface area contributed by atoms with Crippen molar-refractivity contribution >= 4 is 16.8 Å². The van der Waals surface area contributed by atoms with E-state index < -0.39 is 0 Å². The molecule has 1 aliphatic carbocycles. The van der Waals surface area contributed by atoms with Gasteiger partial charge in [0.2, 0.25) is 0 Å². The zero-order valence-corrected chi connectivity index (χ0v) is 18.6. The molecule has 1 aliphatic rings. The van der Waals surface area contributed by atoms with Crippen LogP contribution in [-0.4, -0.2) is 26.5 Å². The van der Waals surface area contributed by atoms with Crippen LogP contribution in [0.5, 0.6) is 0 Å². The van der Waals surface area contributed by atoms with Gasteiger partial charge in [-0.3, -0.25) is 9.78 Å². The van der Waals surface area contributed by atoms with E-state index in [-0.39, 0.29) is 17.8 Å². The lowest BCUT2D eigenvalue weighted by molar-refractivity contribution is 0.0918. The number of imidazole rings is 1. The van der Waals surface area contributed by atoms with E-state index in [1.165, 1.54) is 11.6 Å². The minimum atomic E-state index is -0.222. The van der Waals surface area contributed by atoms with Gasteiger partial charge in [-0.15, -0.1) is 0 Å². The Morgan fingerprint density at radius 1 is 1.06 bits per heavy atom. The first-order valence-electron chi connectivity index (χ1n) is 11.5. The average Bonchev–Trinajstić information content (AvgIpc) is 3.39. The SMILES string of the molecule is C[C@@H](NC(=O)c1ccc(-n2ccnc2)cc1)[C@H]1CC[C@@H](c2ccnc3ccc(F)cc32)CC1. The Morgan fingerprint density at radius 2 is 1.85 bits per heavy atom. The summed E-state index contributed by atoms with van der Waals surface area (Å²) in [7, 11) is 0. The highest BCUT2D eigenvalue weighted by molar-refractivity contribution is 5.94. The van der Waals surface area contributed by atoms with E-state index in [2.05, 4.69) is 22.2 Å². The summed E-state index contributed by atoms with van der Waals surface area (Å²) in [5.74, 6) is 0.560. The number of pyridine rings is 1. The molecule has 33 heavy (non-hydrogen) atoms. The molecular formula is C27H27FN4O. The van der Waals surface area contributed by atoms with Crippen LogP contribution in [0, 0.1) is 11.7 Å². The predicted octanol–water partition coefficient (Wildman–Crippen LogP) is 5.65. The first-order valence-corrected chi connectivity index (χ1v) is 11.5. The summed E-state index contributed by atoms with van der Waals surface area (Å²) >= 11 is 0. The number of halogens is 1. The van der Waals surface area contributed by atoms with Crippen molar-refractivity contribution in [3.63, 3.8) is 0 Å². The maximum Gasteiger partial charge on any atom is 0.251 e. The average molecular weight is 443 g/mol. The Hall–Kier alpha value is -3.54. The van der Waals surface area contributed by atoms with Crippen molar-refractivity contribution in [2.45, 2.75) is 44.6 Å². The number of aromatic nitrogens is 3. The van der Waals surface area contributed by atoms with E-state index >= 15 is 0 Å². The fraction of sp³-hybridized carbons (Fsp3) is 0.296. The van der Waals surface area contributed by atoms with Crippen LogP contribution in [0.4, 0.5) is 4.39 Å². The number of fused-ring (bicyclic) bond motifs is 1. The van der Waals surface area contributed by atoms with Crippen molar-refractivity contribution in [2.75, 3.05) is 0 Å². The number of benzene rings is 2. The van der Waals surface area contributed by atoms with Gasteiger partial charge >= 0.3 is 0 Å². The van der Waals surface area contributed by atoms with E-state index in [1.54, 1.807) is 24.7 Å². The molecule has 1 fully saturated rings. The summed E-state index contributed by atoms with van der Waals surface area (Å²) in [5, 5.41) is 4.11. The molecule has 2 heterocycles. The second-order valence-corrected chi connectivity index (χ2v) is 8.95. The molecule has 5 nitrogen and oxygen atoms in total. The van der Waals surface area contributed by atoms with Crippen molar-refractivity contribution in [3.05, 3.63) is 90.4 Å². The summed E-state index contributed by atoms with van der Waals surface area (Å²) in [4.78, 5) is 21.2. The lowest BCUT2D eigenvalue weighted by Gasteiger charge is -2.33. The Balaban J connectivity index is 1.20. The minimum absolute atomic E-state index is 0.0441. The number of hydrogen-bond donors (Lipinski definition) is 1. The lowest BCUT2D eigenvalue weighted by atomic mass is 9.75. The maximum atomic E-state index is 13.8. The van der Waals surface area contributed by atoms with Gasteiger partial charge in [-0.05, 0) is 98.5 Å². The zero-order valence-electron chi connectivity index (χ0n) is 18.6. The molecule has 0 spiro atoms. The van der Waals surface area contributed by atoms with Crippen molar-refractivity contribution in [2.24, 2.45) is 5.92 Å². The van der Waals surface area contributed by atoms with E-state index in [1.807, 2.05) is 47.3 Å². The van der Waals surface area contributed by atoms with Crippen molar-refractivity contribution in [1.29, 1.82) is 0 Å². The standard InChI is InChI=1S/C27H27FN4O/c1-18(31-27(33)21-6-9-23(10-7-21)32-15-14-29-17-32)19-2-4-20(5-3-19)24-12-13-30-26-11-8-22(28)16-25(24)26/h6-20H,2-5H2,1H3,(H,31,33)/t18-,19-,20+/m1/s1. The number of rotatable bonds is 5. The van der Waals surface area contributed by atoms with Crippen LogP contribution in [0.25, 0.3) is 16.6 Å². The van der Waals surface area contributed by atoms with E-state index in [0.717, 1.165) is 42.3 Å². The molecule has 2 aromatic heterocycles. The van der Waals surface area contributed by atoms with Crippen LogP contribution < -0.4 is 5.32 Å². The van der Waals surface area contributed by atoms with Gasteiger partial charge < -0.3 is 9.88 Å². The van der Waals surface area contributed by atoms with Gasteiger partial charge in [-0.25, -0.2) is 9.37 Å². The van der Waals surface area contributed by atoms with Gasteiger partial charge in [-0.1, -0.05) is 0 Å². The third-order valence-corrected chi connectivity index (χ3v) is 6.95. The summed E-state index contributed by atoms with van der Waals surface area (Å²) in [5.41, 5.74) is 3.66. The predicted molar refractivity (Wildman–Crippen MR) is 127 cm³/mol. The number of nitrogens with zero attached hydrogens (tertiary/aromatic N) is 3. The Bertz CT molecular complexity index is 1250. The highest BCUT2D eigenvalue weighted by Crippen LogP contribution is 2.39. The lowest BCUT2D eigenvalue weighted by Crippen LogP contribution is -2.39. The summed E-state index contributed by atoms with van der Waals surface area (Å²) in [6, 6.07) is 14.5. The normalized spacial score (nSPS) is 19.3. The van der Waals surface area contributed by atoms with Gasteiger partial charge in [0, 0.05) is 41.3 Å². The van der Waals surface area contributed by atoms with Gasteiger partial charge in [0.15, 0.2) is 0 Å². The first-order chi connectivity index (χ1) is 16.1. The minimum Gasteiger partial charge on any atom is -0.349 e. The molecular weight excluding hydrogens is 415 g/mol. The van der Waals surface area contributed by atoms with E-state index in [4.69, 9.17) is 0 Å². The number of amides is 1. The third kappa shape index (κ3) is 4.51. The van der Waals surface area contributed by atoms with Crippen molar-refractivity contribution in [1.82, 2.24) is 19.9 Å². The quantitative estimate of drug-likeness (QED) is 0.434. The highest BCUT2D eigenvalue weighted by Gasteiger charge is 2.28. The second kappa shape index (κ2) is 9.14. The molecule has 0 bridgehead atoms. The maximum absolute atomic E-state index is 13.8. The van der Waals surface area contributed by atoms with Crippen molar-refractivity contribution < 1.29 is 9.18 Å². The van der Waals surface area contributed by atoms with Gasteiger partial charge in [-0.2, -0.15) is 0 Å². The Morgan fingerprint density at radius 3 is 2.58 bits per heavy atom. The van der Waals surface area contributed by atoms with Crippen LogP contribution >= 0.6 is 0 Å². The number of nitrogens with one attached hydrogen (secondary N) is 1. The molecule has 1 atom stereocenters. The Labute approximate surface area is 192 Å². The van der Waals surface area contributed by atoms with Crippen LogP contribution in [0.3, 0.4) is 0 Å². The smallest absolute Gasteiger partial charge is 0.251 e.